The maximum absolute atomic E-state index is 14.6. The third-order valence-electron chi connectivity index (χ3n) is 8.22. The van der Waals surface area contributed by atoms with Gasteiger partial charge in [0.25, 0.3) is 5.91 Å². The number of furan rings is 1. The highest BCUT2D eigenvalue weighted by molar-refractivity contribution is 7.85. The van der Waals surface area contributed by atoms with Gasteiger partial charge in [0.15, 0.2) is 11.4 Å². The lowest BCUT2D eigenvalue weighted by molar-refractivity contribution is 0.0964. The number of nitrogens with zero attached hydrogens (tertiary/aromatic N) is 2. The normalized spacial score (nSPS) is 13.7. The monoisotopic (exact) mass is 659 g/mol. The zero-order valence-corrected chi connectivity index (χ0v) is 26.3. The van der Waals surface area contributed by atoms with Crippen LogP contribution in [-0.2, 0) is 11.0 Å². The number of anilines is 1. The van der Waals surface area contributed by atoms with Crippen molar-refractivity contribution in [2.24, 2.45) is 5.92 Å². The van der Waals surface area contributed by atoms with E-state index in [2.05, 4.69) is 10.3 Å². The number of ether oxygens (including phenoxy) is 1. The van der Waals surface area contributed by atoms with E-state index in [9.17, 15) is 22.2 Å². The molecule has 0 spiro atoms. The predicted octanol–water partition coefficient (Wildman–Crippen LogP) is 7.87. The molecular weight excluding hydrogens is 631 g/mol. The zero-order chi connectivity index (χ0) is 33.0. The number of oxazole rings is 1. The molecule has 0 aliphatic heterocycles. The first-order chi connectivity index (χ1) is 22.6. The molecule has 240 valence electrons. The number of fused-ring (bicyclic) bond motifs is 2. The highest BCUT2D eigenvalue weighted by atomic mass is 32.2. The first kappa shape index (κ1) is 30.5. The summed E-state index contributed by atoms with van der Waals surface area (Å²) in [6.45, 7) is 0.536. The maximum Gasteiger partial charge on any atom is 0.255 e. The van der Waals surface area contributed by atoms with Gasteiger partial charge >= 0.3 is 0 Å². The standard InChI is InChI=1S/C35H28F3N3O5S/c1-39-34(42)31-24-15-23(20-8-11-29(44-2)25(12-20)35-40-27-14-22(37)13-26(38)33(27)46-35)28(41(47(3)43)17-18-4-5-18)16-30(24)45-32(31)19-6-9-21(36)10-7-19/h6-16,18H,4-5,17H2,1-3H3,(H,39,42). The van der Waals surface area contributed by atoms with Crippen LogP contribution >= 0.6 is 0 Å². The van der Waals surface area contributed by atoms with Gasteiger partial charge in [-0.25, -0.2) is 22.4 Å². The quantitative estimate of drug-likeness (QED) is 0.170. The number of methoxy groups -OCH3 is 1. The van der Waals surface area contributed by atoms with Crippen molar-refractivity contribution in [2.45, 2.75) is 12.8 Å². The third kappa shape index (κ3) is 5.62. The average molecular weight is 660 g/mol. The van der Waals surface area contributed by atoms with E-state index in [1.54, 1.807) is 40.9 Å². The topological polar surface area (TPSA) is 97.8 Å². The summed E-state index contributed by atoms with van der Waals surface area (Å²) in [5.74, 6) is -1.52. The van der Waals surface area contributed by atoms with Crippen LogP contribution in [0.1, 0.15) is 23.2 Å². The van der Waals surface area contributed by atoms with Crippen LogP contribution in [0.4, 0.5) is 18.9 Å². The number of halogens is 3. The maximum atomic E-state index is 14.6. The number of carbonyl (C=O) groups is 1. The molecule has 1 N–H and O–H groups in total. The molecule has 0 saturated heterocycles. The second-order valence-electron chi connectivity index (χ2n) is 11.4. The molecule has 1 aliphatic carbocycles. The van der Waals surface area contributed by atoms with Gasteiger partial charge in [0, 0.05) is 54.6 Å². The van der Waals surface area contributed by atoms with Crippen LogP contribution in [0.3, 0.4) is 0 Å². The Bertz CT molecular complexity index is 2210. The summed E-state index contributed by atoms with van der Waals surface area (Å²) in [6.07, 6.45) is 3.64. The minimum absolute atomic E-state index is 0.00555. The van der Waals surface area contributed by atoms with Gasteiger partial charge in [0.05, 0.1) is 23.9 Å². The largest absolute Gasteiger partial charge is 0.496 e. The van der Waals surface area contributed by atoms with Gasteiger partial charge in [0.1, 0.15) is 45.2 Å². The molecule has 0 radical (unpaired) electrons. The molecule has 1 aliphatic rings. The lowest BCUT2D eigenvalue weighted by Gasteiger charge is -2.25. The molecule has 1 saturated carbocycles. The number of benzene rings is 4. The summed E-state index contributed by atoms with van der Waals surface area (Å²) >= 11 is 0. The predicted molar refractivity (Wildman–Crippen MR) is 174 cm³/mol. The minimum atomic E-state index is -1.43. The molecule has 6 aromatic rings. The van der Waals surface area contributed by atoms with E-state index in [1.807, 2.05) is 0 Å². The molecule has 0 bridgehead atoms. The fourth-order valence-corrected chi connectivity index (χ4v) is 6.57. The van der Waals surface area contributed by atoms with Crippen LogP contribution in [0.5, 0.6) is 5.75 Å². The molecular formula is C35H28F3N3O5S. The van der Waals surface area contributed by atoms with E-state index in [-0.39, 0.29) is 28.3 Å². The van der Waals surface area contributed by atoms with E-state index in [4.69, 9.17) is 13.6 Å². The molecule has 47 heavy (non-hydrogen) atoms. The Morgan fingerprint density at radius 2 is 1.72 bits per heavy atom. The van der Waals surface area contributed by atoms with E-state index in [1.165, 1.54) is 38.4 Å². The van der Waals surface area contributed by atoms with Crippen molar-refractivity contribution in [2.75, 3.05) is 31.3 Å². The van der Waals surface area contributed by atoms with Crippen molar-refractivity contribution in [3.8, 4) is 39.7 Å². The van der Waals surface area contributed by atoms with Crippen molar-refractivity contribution in [1.29, 1.82) is 0 Å². The lowest BCUT2D eigenvalue weighted by atomic mass is 9.96. The van der Waals surface area contributed by atoms with Gasteiger partial charge in [-0.15, -0.1) is 0 Å². The second-order valence-corrected chi connectivity index (χ2v) is 12.6. The van der Waals surface area contributed by atoms with Crippen LogP contribution in [0, 0.1) is 23.4 Å². The summed E-state index contributed by atoms with van der Waals surface area (Å²) in [5, 5.41) is 3.15. The Hall–Kier alpha value is -5.10. The first-order valence-electron chi connectivity index (χ1n) is 14.8. The molecule has 1 amide bonds. The number of hydrogen-bond donors (Lipinski definition) is 1. The van der Waals surface area contributed by atoms with Crippen molar-refractivity contribution >= 4 is 44.6 Å². The number of nitrogens with one attached hydrogen (secondary N) is 1. The van der Waals surface area contributed by atoms with Crippen molar-refractivity contribution in [1.82, 2.24) is 10.3 Å². The lowest BCUT2D eigenvalue weighted by Crippen LogP contribution is -2.27. The van der Waals surface area contributed by atoms with Gasteiger partial charge in [-0.1, -0.05) is 6.07 Å². The summed E-state index contributed by atoms with van der Waals surface area (Å²) in [6, 6.07) is 16.2. The van der Waals surface area contributed by atoms with Crippen molar-refractivity contribution in [3.63, 3.8) is 0 Å². The van der Waals surface area contributed by atoms with Crippen LogP contribution in [-0.4, -0.2) is 42.1 Å². The zero-order valence-electron chi connectivity index (χ0n) is 25.5. The van der Waals surface area contributed by atoms with Gasteiger partial charge in [-0.2, -0.15) is 0 Å². The van der Waals surface area contributed by atoms with Gasteiger partial charge in [-0.3, -0.25) is 9.10 Å². The number of rotatable bonds is 9. The Kier molecular flexibility index (Phi) is 7.75. The number of carbonyl (C=O) groups excluding carboxylic acids is 1. The number of hydrogen-bond acceptors (Lipinski definition) is 6. The van der Waals surface area contributed by atoms with E-state index in [0.29, 0.717) is 57.1 Å². The first-order valence-corrected chi connectivity index (χ1v) is 16.3. The molecule has 8 nitrogen and oxygen atoms in total. The Morgan fingerprint density at radius 3 is 2.40 bits per heavy atom. The van der Waals surface area contributed by atoms with Crippen molar-refractivity contribution < 1.29 is 35.7 Å². The molecule has 2 aromatic heterocycles. The third-order valence-corrected chi connectivity index (χ3v) is 9.18. The minimum Gasteiger partial charge on any atom is -0.496 e. The van der Waals surface area contributed by atoms with E-state index < -0.39 is 34.3 Å². The molecule has 12 heteroatoms. The molecule has 1 unspecified atom stereocenters. The summed E-state index contributed by atoms with van der Waals surface area (Å²) in [5.41, 5.74) is 3.12. The number of aromatic nitrogens is 1. The summed E-state index contributed by atoms with van der Waals surface area (Å²) < 4.78 is 75.0. The highest BCUT2D eigenvalue weighted by Crippen LogP contribution is 2.44. The van der Waals surface area contributed by atoms with Crippen LogP contribution in [0.2, 0.25) is 0 Å². The molecule has 1 atom stereocenters. The van der Waals surface area contributed by atoms with E-state index >= 15 is 0 Å². The van der Waals surface area contributed by atoms with E-state index in [0.717, 1.165) is 25.0 Å². The smallest absolute Gasteiger partial charge is 0.255 e. The Morgan fingerprint density at radius 1 is 0.979 bits per heavy atom. The van der Waals surface area contributed by atoms with Gasteiger partial charge in [-0.05, 0) is 66.8 Å². The van der Waals surface area contributed by atoms with Crippen LogP contribution < -0.4 is 14.4 Å². The Labute approximate surface area is 269 Å². The summed E-state index contributed by atoms with van der Waals surface area (Å²) in [7, 11) is 1.54. The molecule has 4 aromatic carbocycles. The SMILES string of the molecule is CNC(=O)c1c(-c2ccc(F)cc2)oc2cc(N(CC3CC3)S(C)=O)c(-c3ccc(OC)c(-c4nc5cc(F)cc(F)c5o4)c3)cc12. The average Bonchev–Trinajstić information content (AvgIpc) is 3.66. The van der Waals surface area contributed by atoms with Gasteiger partial charge in [0.2, 0.25) is 5.89 Å². The fourth-order valence-electron chi connectivity index (χ4n) is 5.72. The number of amides is 1. The molecule has 7 rings (SSSR count). The second kappa shape index (κ2) is 11.9. The van der Waals surface area contributed by atoms with Gasteiger partial charge < -0.3 is 18.9 Å². The highest BCUT2D eigenvalue weighted by Gasteiger charge is 2.30. The fraction of sp³-hybridized carbons (Fsp3) is 0.200. The molecule has 2 heterocycles. The summed E-state index contributed by atoms with van der Waals surface area (Å²) in [4.78, 5) is 17.7. The Balaban J connectivity index is 1.48. The van der Waals surface area contributed by atoms with Crippen LogP contribution in [0.15, 0.2) is 75.6 Å². The molecule has 1 fully saturated rings. The van der Waals surface area contributed by atoms with Crippen LogP contribution in [0.25, 0.3) is 56.0 Å². The van der Waals surface area contributed by atoms with Crippen molar-refractivity contribution in [3.05, 3.63) is 89.7 Å².